The fraction of sp³-hybridized carbons (Fsp3) is 0.273. The Kier molecular flexibility index (Phi) is 5.69. The zero-order valence-corrected chi connectivity index (χ0v) is 16.5. The molecule has 1 aliphatic rings. The summed E-state index contributed by atoms with van der Waals surface area (Å²) in [7, 11) is 1.61. The topological polar surface area (TPSA) is 51.7 Å². The highest BCUT2D eigenvalue weighted by atomic mass is 32.1. The molecule has 1 fully saturated rings. The maximum Gasteiger partial charge on any atom is 0.260 e. The molecule has 1 amide bonds. The first-order valence-electron chi connectivity index (χ1n) is 9.33. The Labute approximate surface area is 168 Å². The summed E-state index contributed by atoms with van der Waals surface area (Å²) in [6, 6.07) is 17.2. The molecule has 0 bridgehead atoms. The molecule has 1 aliphatic heterocycles. The molecule has 6 heteroatoms. The van der Waals surface area contributed by atoms with E-state index < -0.39 is 0 Å². The van der Waals surface area contributed by atoms with E-state index in [9.17, 15) is 4.79 Å². The lowest BCUT2D eigenvalue weighted by Gasteiger charge is -2.23. The fourth-order valence-corrected chi connectivity index (χ4v) is 4.10. The van der Waals surface area contributed by atoms with Gasteiger partial charge in [0.15, 0.2) is 5.13 Å². The minimum Gasteiger partial charge on any atom is -0.497 e. The van der Waals surface area contributed by atoms with E-state index in [-0.39, 0.29) is 12.0 Å². The maximum absolute atomic E-state index is 13.3. The van der Waals surface area contributed by atoms with Crippen LogP contribution in [0.2, 0.25) is 0 Å². The van der Waals surface area contributed by atoms with Gasteiger partial charge in [0.2, 0.25) is 0 Å². The van der Waals surface area contributed by atoms with Crippen LogP contribution in [0.25, 0.3) is 11.3 Å². The Morgan fingerprint density at radius 1 is 1.21 bits per heavy atom. The van der Waals surface area contributed by atoms with Crippen LogP contribution in [0.5, 0.6) is 5.75 Å². The third-order valence-electron chi connectivity index (χ3n) is 4.78. The molecule has 1 aromatic heterocycles. The number of amides is 1. The number of anilines is 1. The second-order valence-electron chi connectivity index (χ2n) is 6.66. The van der Waals surface area contributed by atoms with Gasteiger partial charge >= 0.3 is 0 Å². The van der Waals surface area contributed by atoms with Gasteiger partial charge < -0.3 is 9.47 Å². The van der Waals surface area contributed by atoms with Crippen molar-refractivity contribution in [1.82, 2.24) is 4.98 Å². The van der Waals surface area contributed by atoms with Gasteiger partial charge in [-0.05, 0) is 37.1 Å². The van der Waals surface area contributed by atoms with Gasteiger partial charge in [0.1, 0.15) is 5.75 Å². The van der Waals surface area contributed by atoms with E-state index >= 15 is 0 Å². The minimum absolute atomic E-state index is 0.0475. The molecular formula is C22H22N2O3S. The van der Waals surface area contributed by atoms with Crippen LogP contribution in [-0.2, 0) is 4.74 Å². The fourth-order valence-electron chi connectivity index (χ4n) is 3.26. The molecule has 0 N–H and O–H groups in total. The van der Waals surface area contributed by atoms with Gasteiger partial charge in [0, 0.05) is 23.1 Å². The molecule has 3 aromatic rings. The lowest BCUT2D eigenvalue weighted by atomic mass is 10.1. The standard InChI is InChI=1S/C22H22N2O3S/c1-26-18-11-9-17(10-12-18)21(25)24(14-19-8-5-13-27-19)22-23-20(15-28-22)16-6-3-2-4-7-16/h2-4,6-7,9-12,15,19H,5,8,13-14H2,1H3. The second-order valence-corrected chi connectivity index (χ2v) is 7.50. The molecule has 144 valence electrons. The molecule has 2 aromatic carbocycles. The average Bonchev–Trinajstić information content (AvgIpc) is 3.44. The molecule has 4 rings (SSSR count). The van der Waals surface area contributed by atoms with Crippen LogP contribution < -0.4 is 9.64 Å². The monoisotopic (exact) mass is 394 g/mol. The van der Waals surface area contributed by atoms with Gasteiger partial charge in [-0.3, -0.25) is 9.69 Å². The third-order valence-corrected chi connectivity index (χ3v) is 5.65. The predicted molar refractivity (Wildman–Crippen MR) is 111 cm³/mol. The minimum atomic E-state index is -0.0767. The van der Waals surface area contributed by atoms with Crippen molar-refractivity contribution in [1.29, 1.82) is 0 Å². The highest BCUT2D eigenvalue weighted by Crippen LogP contribution is 2.30. The average molecular weight is 394 g/mol. The van der Waals surface area contributed by atoms with E-state index in [1.165, 1.54) is 11.3 Å². The van der Waals surface area contributed by atoms with Crippen LogP contribution in [-0.4, -0.2) is 37.3 Å². The number of hydrogen-bond donors (Lipinski definition) is 0. The largest absolute Gasteiger partial charge is 0.497 e. The summed E-state index contributed by atoms with van der Waals surface area (Å²) in [5, 5.41) is 2.68. The Hall–Kier alpha value is -2.70. The van der Waals surface area contributed by atoms with Crippen LogP contribution in [0, 0.1) is 0 Å². The van der Waals surface area contributed by atoms with Crippen molar-refractivity contribution in [3.63, 3.8) is 0 Å². The summed E-state index contributed by atoms with van der Waals surface area (Å²) in [5.41, 5.74) is 2.52. The summed E-state index contributed by atoms with van der Waals surface area (Å²) in [5.74, 6) is 0.648. The number of rotatable bonds is 6. The second kappa shape index (κ2) is 8.54. The molecular weight excluding hydrogens is 372 g/mol. The van der Waals surface area contributed by atoms with Crippen LogP contribution >= 0.6 is 11.3 Å². The SMILES string of the molecule is COc1ccc(C(=O)N(CC2CCCO2)c2nc(-c3ccccc3)cs2)cc1. The number of aromatic nitrogens is 1. The molecule has 1 atom stereocenters. The van der Waals surface area contributed by atoms with Crippen molar-refractivity contribution in [2.24, 2.45) is 0 Å². The van der Waals surface area contributed by atoms with Gasteiger partial charge in [-0.25, -0.2) is 4.98 Å². The van der Waals surface area contributed by atoms with Gasteiger partial charge in [0.05, 0.1) is 25.5 Å². The van der Waals surface area contributed by atoms with Gasteiger partial charge in [0.25, 0.3) is 5.91 Å². The van der Waals surface area contributed by atoms with E-state index in [1.54, 1.807) is 36.3 Å². The molecule has 5 nitrogen and oxygen atoms in total. The number of nitrogens with zero attached hydrogens (tertiary/aromatic N) is 2. The van der Waals surface area contributed by atoms with Crippen LogP contribution in [0.3, 0.4) is 0 Å². The molecule has 1 unspecified atom stereocenters. The number of carbonyl (C=O) groups is 1. The lowest BCUT2D eigenvalue weighted by molar-refractivity contribution is 0.0917. The van der Waals surface area contributed by atoms with Crippen LogP contribution in [0.1, 0.15) is 23.2 Å². The summed E-state index contributed by atoms with van der Waals surface area (Å²) in [6.45, 7) is 1.26. The summed E-state index contributed by atoms with van der Waals surface area (Å²) >= 11 is 1.48. The van der Waals surface area contributed by atoms with E-state index in [1.807, 2.05) is 35.7 Å². The summed E-state index contributed by atoms with van der Waals surface area (Å²) in [4.78, 5) is 19.8. The Morgan fingerprint density at radius 2 is 2.00 bits per heavy atom. The molecule has 0 aliphatic carbocycles. The van der Waals surface area contributed by atoms with Crippen molar-refractivity contribution >= 4 is 22.4 Å². The van der Waals surface area contributed by atoms with Gasteiger partial charge in [-0.15, -0.1) is 11.3 Å². The highest BCUT2D eigenvalue weighted by Gasteiger charge is 2.27. The molecule has 2 heterocycles. The third kappa shape index (κ3) is 4.08. The number of ether oxygens (including phenoxy) is 2. The number of methoxy groups -OCH3 is 1. The number of hydrogen-bond acceptors (Lipinski definition) is 5. The number of carbonyl (C=O) groups excluding carboxylic acids is 1. The summed E-state index contributed by atoms with van der Waals surface area (Å²) < 4.78 is 11.0. The Balaban J connectivity index is 1.63. The molecule has 0 spiro atoms. The van der Waals surface area contributed by atoms with Gasteiger partial charge in [-0.2, -0.15) is 0 Å². The lowest BCUT2D eigenvalue weighted by Crippen LogP contribution is -2.37. The first kappa shape index (κ1) is 18.7. The van der Waals surface area contributed by atoms with E-state index in [0.717, 1.165) is 36.5 Å². The van der Waals surface area contributed by atoms with Crippen molar-refractivity contribution in [3.05, 3.63) is 65.5 Å². The zero-order valence-electron chi connectivity index (χ0n) is 15.7. The van der Waals surface area contributed by atoms with Crippen molar-refractivity contribution in [2.75, 3.05) is 25.2 Å². The highest BCUT2D eigenvalue weighted by molar-refractivity contribution is 7.14. The van der Waals surface area contributed by atoms with Crippen LogP contribution in [0.4, 0.5) is 5.13 Å². The van der Waals surface area contributed by atoms with E-state index in [0.29, 0.717) is 17.2 Å². The van der Waals surface area contributed by atoms with Crippen molar-refractivity contribution < 1.29 is 14.3 Å². The number of benzene rings is 2. The quantitative estimate of drug-likeness (QED) is 0.611. The van der Waals surface area contributed by atoms with E-state index in [2.05, 4.69) is 0 Å². The summed E-state index contributed by atoms with van der Waals surface area (Å²) in [6.07, 6.45) is 2.04. The normalized spacial score (nSPS) is 16.1. The molecule has 28 heavy (non-hydrogen) atoms. The number of thiazole rings is 1. The Bertz CT molecular complexity index is 918. The molecule has 1 saturated heterocycles. The first-order chi connectivity index (χ1) is 13.7. The molecule has 0 saturated carbocycles. The van der Waals surface area contributed by atoms with Gasteiger partial charge in [-0.1, -0.05) is 30.3 Å². The smallest absolute Gasteiger partial charge is 0.260 e. The van der Waals surface area contributed by atoms with Crippen LogP contribution in [0.15, 0.2) is 60.0 Å². The maximum atomic E-state index is 13.3. The van der Waals surface area contributed by atoms with Crippen molar-refractivity contribution in [3.8, 4) is 17.0 Å². The first-order valence-corrected chi connectivity index (χ1v) is 10.2. The zero-order chi connectivity index (χ0) is 19.3. The van der Waals surface area contributed by atoms with Crippen molar-refractivity contribution in [2.45, 2.75) is 18.9 Å². The Morgan fingerprint density at radius 3 is 2.68 bits per heavy atom. The molecule has 0 radical (unpaired) electrons. The van der Waals surface area contributed by atoms with E-state index in [4.69, 9.17) is 14.5 Å². The predicted octanol–water partition coefficient (Wildman–Crippen LogP) is 4.64.